The Morgan fingerprint density at radius 3 is 2.31 bits per heavy atom. The number of carbonyl (C=O) groups excluding carboxylic acids is 1. The first-order valence-electron chi connectivity index (χ1n) is 13.4. The van der Waals surface area contributed by atoms with Crippen molar-refractivity contribution in [2.24, 2.45) is 0 Å². The molecule has 1 unspecified atom stereocenters. The molecule has 3 aromatic rings. The minimum absolute atomic E-state index is 0.0797. The smallest absolute Gasteiger partial charge is 0.362 e. The van der Waals surface area contributed by atoms with Gasteiger partial charge in [0, 0.05) is 44.1 Å². The van der Waals surface area contributed by atoms with Crippen LogP contribution in [0.25, 0.3) is 0 Å². The maximum absolute atomic E-state index is 13.6. The van der Waals surface area contributed by atoms with E-state index >= 15 is 0 Å². The molecule has 42 heavy (non-hydrogen) atoms. The lowest BCUT2D eigenvalue weighted by atomic mass is 9.91. The highest BCUT2D eigenvalue weighted by atomic mass is 32.2. The lowest BCUT2D eigenvalue weighted by Gasteiger charge is -2.30. The molecule has 1 fully saturated rings. The van der Waals surface area contributed by atoms with Crippen molar-refractivity contribution in [3.8, 4) is 0 Å². The highest BCUT2D eigenvalue weighted by Crippen LogP contribution is 2.34. The standard InChI is InChI=1S/C29H33F3N6O3S/c1-5-24(19-8-10-20(11-9-19)29(30,31)32)42(40,41)27-23(7-6-16-33-27)26(39)35-21-12-14-22(15-13-21)36-28-34-17-18(2)25(37-28)38(3)4/h5-11,16-17,21-22,24H,1,12-15H2,2-4H3,(H,35,39)(H,34,36,37). The van der Waals surface area contributed by atoms with Crippen LogP contribution in [0.2, 0.25) is 0 Å². The van der Waals surface area contributed by atoms with Gasteiger partial charge in [0.15, 0.2) is 5.03 Å². The quantitative estimate of drug-likeness (QED) is 0.324. The van der Waals surface area contributed by atoms with Crippen LogP contribution in [0.15, 0.2) is 66.5 Å². The number of rotatable bonds is 9. The fourth-order valence-electron chi connectivity index (χ4n) is 5.00. The van der Waals surface area contributed by atoms with E-state index < -0.39 is 37.8 Å². The zero-order chi connectivity index (χ0) is 30.7. The maximum Gasteiger partial charge on any atom is 0.416 e. The number of sulfone groups is 1. The number of aromatic nitrogens is 3. The zero-order valence-corrected chi connectivity index (χ0v) is 24.3. The van der Waals surface area contributed by atoms with Crippen molar-refractivity contribution in [2.75, 3.05) is 24.3 Å². The van der Waals surface area contributed by atoms with Crippen molar-refractivity contribution in [1.29, 1.82) is 0 Å². The van der Waals surface area contributed by atoms with Gasteiger partial charge in [-0.25, -0.2) is 18.4 Å². The van der Waals surface area contributed by atoms with Gasteiger partial charge in [0.1, 0.15) is 11.1 Å². The molecule has 9 nitrogen and oxygen atoms in total. The van der Waals surface area contributed by atoms with Crippen LogP contribution in [-0.2, 0) is 16.0 Å². The van der Waals surface area contributed by atoms with Gasteiger partial charge in [-0.3, -0.25) is 4.79 Å². The highest BCUT2D eigenvalue weighted by Gasteiger charge is 2.34. The molecular weight excluding hydrogens is 569 g/mol. The second-order valence-electron chi connectivity index (χ2n) is 10.4. The van der Waals surface area contributed by atoms with Gasteiger partial charge in [0.25, 0.3) is 5.91 Å². The molecule has 2 heterocycles. The van der Waals surface area contributed by atoms with Crippen LogP contribution in [0.1, 0.15) is 58.0 Å². The third-order valence-corrected chi connectivity index (χ3v) is 9.16. The first-order chi connectivity index (χ1) is 19.8. The summed E-state index contributed by atoms with van der Waals surface area (Å²) < 4.78 is 66.2. The summed E-state index contributed by atoms with van der Waals surface area (Å²) in [4.78, 5) is 28.1. The van der Waals surface area contributed by atoms with Crippen LogP contribution in [-0.4, -0.2) is 55.5 Å². The van der Waals surface area contributed by atoms with E-state index in [2.05, 4.69) is 32.2 Å². The van der Waals surface area contributed by atoms with E-state index in [0.717, 1.165) is 54.6 Å². The highest BCUT2D eigenvalue weighted by molar-refractivity contribution is 7.91. The number of carbonyl (C=O) groups is 1. The molecule has 2 aromatic heterocycles. The van der Waals surface area contributed by atoms with Crippen molar-refractivity contribution < 1.29 is 26.4 Å². The first kappa shape index (κ1) is 30.9. The molecule has 0 bridgehead atoms. The van der Waals surface area contributed by atoms with Gasteiger partial charge in [-0.15, -0.1) is 6.58 Å². The minimum Gasteiger partial charge on any atom is -0.362 e. The van der Waals surface area contributed by atoms with Crippen LogP contribution >= 0.6 is 0 Å². The number of halogens is 3. The number of hydrogen-bond acceptors (Lipinski definition) is 8. The minimum atomic E-state index is -4.56. The van der Waals surface area contributed by atoms with Gasteiger partial charge in [-0.2, -0.15) is 18.2 Å². The summed E-state index contributed by atoms with van der Waals surface area (Å²) in [7, 11) is -0.494. The second-order valence-corrected chi connectivity index (χ2v) is 12.4. The average Bonchev–Trinajstić information content (AvgIpc) is 2.95. The van der Waals surface area contributed by atoms with E-state index in [1.807, 2.05) is 25.9 Å². The number of hydrogen-bond donors (Lipinski definition) is 2. The summed E-state index contributed by atoms with van der Waals surface area (Å²) in [5.41, 5.74) is 0.00314. The van der Waals surface area contributed by atoms with E-state index in [1.165, 1.54) is 18.3 Å². The molecule has 1 saturated carbocycles. The van der Waals surface area contributed by atoms with Crippen LogP contribution in [0.3, 0.4) is 0 Å². The van der Waals surface area contributed by atoms with Gasteiger partial charge in [-0.1, -0.05) is 18.2 Å². The Morgan fingerprint density at radius 1 is 1.07 bits per heavy atom. The summed E-state index contributed by atoms with van der Waals surface area (Å²) in [6.45, 7) is 5.52. The second kappa shape index (κ2) is 12.5. The Balaban J connectivity index is 1.44. The fraction of sp³-hybridized carbons (Fsp3) is 0.379. The lowest BCUT2D eigenvalue weighted by molar-refractivity contribution is -0.137. The summed E-state index contributed by atoms with van der Waals surface area (Å²) in [5.74, 6) is 0.769. The van der Waals surface area contributed by atoms with E-state index in [4.69, 9.17) is 0 Å². The Hall–Kier alpha value is -4.00. The molecule has 0 radical (unpaired) electrons. The molecule has 224 valence electrons. The predicted molar refractivity (Wildman–Crippen MR) is 154 cm³/mol. The van der Waals surface area contributed by atoms with E-state index in [-0.39, 0.29) is 23.2 Å². The number of benzene rings is 1. The Kier molecular flexibility index (Phi) is 9.19. The Morgan fingerprint density at radius 2 is 1.71 bits per heavy atom. The van der Waals surface area contributed by atoms with Crippen LogP contribution < -0.4 is 15.5 Å². The summed E-state index contributed by atoms with van der Waals surface area (Å²) >= 11 is 0. The topological polar surface area (TPSA) is 117 Å². The van der Waals surface area contributed by atoms with Crippen molar-refractivity contribution in [3.63, 3.8) is 0 Å². The van der Waals surface area contributed by atoms with Crippen LogP contribution in [0.4, 0.5) is 24.9 Å². The fourth-order valence-corrected chi connectivity index (χ4v) is 6.68. The first-order valence-corrected chi connectivity index (χ1v) is 14.9. The number of nitrogens with zero attached hydrogens (tertiary/aromatic N) is 4. The zero-order valence-electron chi connectivity index (χ0n) is 23.5. The third kappa shape index (κ3) is 6.89. The van der Waals surface area contributed by atoms with E-state index in [0.29, 0.717) is 18.8 Å². The van der Waals surface area contributed by atoms with Gasteiger partial charge < -0.3 is 15.5 Å². The number of alkyl halides is 3. The Bertz CT molecular complexity index is 1540. The Labute approximate surface area is 243 Å². The largest absolute Gasteiger partial charge is 0.416 e. The number of anilines is 2. The monoisotopic (exact) mass is 602 g/mol. The molecule has 0 aliphatic heterocycles. The molecule has 1 aromatic carbocycles. The number of nitrogens with one attached hydrogen (secondary N) is 2. The average molecular weight is 603 g/mol. The summed E-state index contributed by atoms with van der Waals surface area (Å²) in [6.07, 6.45) is 2.35. The SMILES string of the molecule is C=CC(c1ccc(C(F)(F)F)cc1)S(=O)(=O)c1ncccc1C(=O)NC1CCC(Nc2ncc(C)c(N(C)C)n2)CC1. The molecule has 0 saturated heterocycles. The molecule has 1 aliphatic rings. The van der Waals surface area contributed by atoms with Crippen molar-refractivity contribution in [2.45, 2.75) is 61.1 Å². The van der Waals surface area contributed by atoms with Crippen LogP contribution in [0, 0.1) is 6.92 Å². The molecule has 1 atom stereocenters. The molecule has 1 amide bonds. The normalized spacial score (nSPS) is 18.1. The number of aryl methyl sites for hydroxylation is 1. The molecular formula is C29H33F3N6O3S. The van der Waals surface area contributed by atoms with Crippen molar-refractivity contribution in [3.05, 3.63) is 83.7 Å². The third-order valence-electron chi connectivity index (χ3n) is 7.16. The van der Waals surface area contributed by atoms with Gasteiger partial charge in [0.05, 0.1) is 11.1 Å². The van der Waals surface area contributed by atoms with Crippen molar-refractivity contribution in [1.82, 2.24) is 20.3 Å². The predicted octanol–water partition coefficient (Wildman–Crippen LogP) is 5.12. The number of amides is 1. The molecule has 1 aliphatic carbocycles. The van der Waals surface area contributed by atoms with Crippen LogP contribution in [0.5, 0.6) is 0 Å². The van der Waals surface area contributed by atoms with E-state index in [1.54, 1.807) is 6.20 Å². The van der Waals surface area contributed by atoms with Gasteiger partial charge in [-0.05, 0) is 62.4 Å². The van der Waals surface area contributed by atoms with E-state index in [9.17, 15) is 26.4 Å². The van der Waals surface area contributed by atoms with Gasteiger partial charge in [0.2, 0.25) is 15.8 Å². The molecule has 0 spiro atoms. The van der Waals surface area contributed by atoms with Gasteiger partial charge >= 0.3 is 6.18 Å². The molecule has 2 N–H and O–H groups in total. The summed E-state index contributed by atoms with van der Waals surface area (Å²) in [6, 6.07) is 6.55. The molecule has 4 rings (SSSR count). The molecule has 13 heteroatoms. The van der Waals surface area contributed by atoms with Crippen molar-refractivity contribution >= 4 is 27.5 Å². The number of pyridine rings is 1. The maximum atomic E-state index is 13.6. The summed E-state index contributed by atoms with van der Waals surface area (Å²) in [5, 5.41) is 4.42. The lowest BCUT2D eigenvalue weighted by Crippen LogP contribution is -2.40.